The van der Waals surface area contributed by atoms with Crippen molar-refractivity contribution >= 4 is 5.91 Å². The number of rotatable bonds is 9. The fourth-order valence-corrected chi connectivity index (χ4v) is 3.51. The van der Waals surface area contributed by atoms with Crippen molar-refractivity contribution in [1.82, 2.24) is 15.5 Å². The third kappa shape index (κ3) is 5.83. The number of carbonyl (C=O) groups is 1. The van der Waals surface area contributed by atoms with Crippen LogP contribution < -0.4 is 10.1 Å². The molecule has 0 aliphatic heterocycles. The minimum absolute atomic E-state index is 0.0713. The number of aromatic nitrogens is 2. The predicted molar refractivity (Wildman–Crippen MR) is 122 cm³/mol. The Morgan fingerprint density at radius 2 is 1.70 bits per heavy atom. The number of nitrogens with one attached hydrogen (secondary N) is 1. The van der Waals surface area contributed by atoms with E-state index in [9.17, 15) is 9.18 Å². The first-order valence-electron chi connectivity index (χ1n) is 10.7. The Balaban J connectivity index is 1.36. The molecule has 33 heavy (non-hydrogen) atoms. The number of nitrogens with zero attached hydrogens (tertiary/aromatic N) is 2. The van der Waals surface area contributed by atoms with Crippen LogP contribution in [0.3, 0.4) is 0 Å². The van der Waals surface area contributed by atoms with Gasteiger partial charge in [-0.3, -0.25) is 4.79 Å². The van der Waals surface area contributed by atoms with Gasteiger partial charge >= 0.3 is 0 Å². The monoisotopic (exact) mass is 445 g/mol. The summed E-state index contributed by atoms with van der Waals surface area (Å²) in [5.41, 5.74) is 2.64. The molecule has 1 atom stereocenters. The van der Waals surface area contributed by atoms with Gasteiger partial charge in [-0.1, -0.05) is 47.6 Å². The Morgan fingerprint density at radius 1 is 1.00 bits per heavy atom. The van der Waals surface area contributed by atoms with Gasteiger partial charge in [0.25, 0.3) is 0 Å². The Kier molecular flexibility index (Phi) is 7.09. The summed E-state index contributed by atoms with van der Waals surface area (Å²) >= 11 is 0. The quantitative estimate of drug-likeness (QED) is 0.387. The summed E-state index contributed by atoms with van der Waals surface area (Å²) in [6.45, 7) is 0. The van der Waals surface area contributed by atoms with Crippen LogP contribution in [0, 0.1) is 5.82 Å². The number of aryl methyl sites for hydroxylation is 1. The molecule has 6 nitrogen and oxygen atoms in total. The highest BCUT2D eigenvalue weighted by Gasteiger charge is 2.17. The normalized spacial score (nSPS) is 11.7. The summed E-state index contributed by atoms with van der Waals surface area (Å²) in [4.78, 5) is 17.1. The molecule has 3 aromatic carbocycles. The largest absolute Gasteiger partial charge is 0.497 e. The average molecular weight is 445 g/mol. The van der Waals surface area contributed by atoms with Crippen molar-refractivity contribution in [2.24, 2.45) is 0 Å². The van der Waals surface area contributed by atoms with Gasteiger partial charge in [-0.15, -0.1) is 0 Å². The van der Waals surface area contributed by atoms with Gasteiger partial charge in [-0.2, -0.15) is 4.98 Å². The molecule has 4 rings (SSSR count). The Bertz CT molecular complexity index is 1180. The lowest BCUT2D eigenvalue weighted by atomic mass is 9.98. The van der Waals surface area contributed by atoms with Gasteiger partial charge in [0.1, 0.15) is 11.6 Å². The van der Waals surface area contributed by atoms with E-state index < -0.39 is 0 Å². The van der Waals surface area contributed by atoms with E-state index in [0.717, 1.165) is 16.9 Å². The lowest BCUT2D eigenvalue weighted by Crippen LogP contribution is -2.29. The maximum Gasteiger partial charge on any atom is 0.226 e. The minimum atomic E-state index is -0.322. The van der Waals surface area contributed by atoms with Crippen molar-refractivity contribution in [3.8, 4) is 17.1 Å². The van der Waals surface area contributed by atoms with Crippen molar-refractivity contribution in [2.75, 3.05) is 7.11 Å². The van der Waals surface area contributed by atoms with E-state index in [0.29, 0.717) is 36.5 Å². The van der Waals surface area contributed by atoms with Crippen LogP contribution in [0.25, 0.3) is 11.4 Å². The highest BCUT2D eigenvalue weighted by Crippen LogP contribution is 2.24. The van der Waals surface area contributed by atoms with E-state index in [1.807, 2.05) is 54.6 Å². The molecular formula is C26H24FN3O3. The molecule has 7 heteroatoms. The van der Waals surface area contributed by atoms with Crippen molar-refractivity contribution in [2.45, 2.75) is 25.3 Å². The summed E-state index contributed by atoms with van der Waals surface area (Å²) in [7, 11) is 1.62. The maximum absolute atomic E-state index is 13.1. The molecular weight excluding hydrogens is 421 g/mol. The summed E-state index contributed by atoms with van der Waals surface area (Å²) < 4.78 is 23.6. The first kappa shape index (κ1) is 22.2. The standard InChI is InChI=1S/C26H24FN3O3/c1-32-22-16-12-19(13-17-22)25(18-6-3-2-4-7-18)28-23(31)8-5-9-24-29-26(30-33-24)20-10-14-21(27)15-11-20/h2-4,6-7,10-17,25H,5,8-9H2,1H3,(H,28,31). The third-order valence-corrected chi connectivity index (χ3v) is 5.25. The van der Waals surface area contributed by atoms with Crippen LogP contribution in [-0.2, 0) is 11.2 Å². The number of hydrogen-bond acceptors (Lipinski definition) is 5. The van der Waals surface area contributed by atoms with E-state index in [4.69, 9.17) is 9.26 Å². The smallest absolute Gasteiger partial charge is 0.226 e. The molecule has 0 fully saturated rings. The van der Waals surface area contributed by atoms with Gasteiger partial charge in [0.15, 0.2) is 0 Å². The van der Waals surface area contributed by atoms with E-state index in [-0.39, 0.29) is 17.8 Å². The zero-order chi connectivity index (χ0) is 23.0. The molecule has 0 aliphatic carbocycles. The molecule has 0 saturated heterocycles. The van der Waals surface area contributed by atoms with Crippen molar-refractivity contribution in [1.29, 1.82) is 0 Å². The number of methoxy groups -OCH3 is 1. The molecule has 1 aromatic heterocycles. The topological polar surface area (TPSA) is 77.2 Å². The number of hydrogen-bond donors (Lipinski definition) is 1. The first-order valence-corrected chi connectivity index (χ1v) is 10.7. The van der Waals surface area contributed by atoms with Crippen LogP contribution in [0.1, 0.15) is 35.9 Å². The summed E-state index contributed by atoms with van der Waals surface area (Å²) in [6, 6.07) is 23.1. The van der Waals surface area contributed by atoms with E-state index in [2.05, 4.69) is 15.5 Å². The van der Waals surface area contributed by atoms with Crippen LogP contribution >= 0.6 is 0 Å². The number of carbonyl (C=O) groups excluding carboxylic acids is 1. The fourth-order valence-electron chi connectivity index (χ4n) is 3.51. The Morgan fingerprint density at radius 3 is 2.39 bits per heavy atom. The second-order valence-electron chi connectivity index (χ2n) is 7.56. The van der Waals surface area contributed by atoms with E-state index in [1.165, 1.54) is 12.1 Å². The van der Waals surface area contributed by atoms with Crippen molar-refractivity contribution in [3.63, 3.8) is 0 Å². The van der Waals surface area contributed by atoms with Crippen LogP contribution in [0.4, 0.5) is 4.39 Å². The van der Waals surface area contributed by atoms with E-state index in [1.54, 1.807) is 19.2 Å². The zero-order valence-corrected chi connectivity index (χ0v) is 18.2. The number of halogens is 1. The predicted octanol–water partition coefficient (Wildman–Crippen LogP) is 5.11. The summed E-state index contributed by atoms with van der Waals surface area (Å²) in [5.74, 6) is 1.21. The molecule has 1 heterocycles. The summed E-state index contributed by atoms with van der Waals surface area (Å²) in [5, 5.41) is 7.06. The molecule has 0 aliphatic rings. The van der Waals surface area contributed by atoms with Crippen molar-refractivity contribution < 1.29 is 18.4 Å². The first-order chi connectivity index (χ1) is 16.1. The zero-order valence-electron chi connectivity index (χ0n) is 18.2. The Labute approximate surface area is 191 Å². The third-order valence-electron chi connectivity index (χ3n) is 5.25. The fraction of sp³-hybridized carbons (Fsp3) is 0.192. The molecule has 0 spiro atoms. The number of ether oxygens (including phenoxy) is 1. The molecule has 0 bridgehead atoms. The SMILES string of the molecule is COc1ccc(C(NC(=O)CCCc2nc(-c3ccc(F)cc3)no2)c2ccccc2)cc1. The average Bonchev–Trinajstić information content (AvgIpc) is 3.32. The number of benzene rings is 3. The second-order valence-corrected chi connectivity index (χ2v) is 7.56. The lowest BCUT2D eigenvalue weighted by molar-refractivity contribution is -0.121. The molecule has 4 aromatic rings. The van der Waals surface area contributed by atoms with Crippen LogP contribution in [0.15, 0.2) is 83.4 Å². The minimum Gasteiger partial charge on any atom is -0.497 e. The molecule has 1 amide bonds. The molecule has 168 valence electrons. The van der Waals surface area contributed by atoms with Gasteiger partial charge < -0.3 is 14.6 Å². The van der Waals surface area contributed by atoms with Gasteiger partial charge in [0.2, 0.25) is 17.6 Å². The highest BCUT2D eigenvalue weighted by molar-refractivity contribution is 5.77. The van der Waals surface area contributed by atoms with E-state index >= 15 is 0 Å². The molecule has 1 unspecified atom stereocenters. The van der Waals surface area contributed by atoms with Gasteiger partial charge in [0, 0.05) is 18.4 Å². The van der Waals surface area contributed by atoms with Gasteiger partial charge in [-0.25, -0.2) is 4.39 Å². The molecule has 1 N–H and O–H groups in total. The molecule has 0 radical (unpaired) electrons. The van der Waals surface area contributed by atoms with Crippen LogP contribution in [0.5, 0.6) is 5.75 Å². The Hall–Kier alpha value is -4.00. The van der Waals surface area contributed by atoms with Gasteiger partial charge in [0.05, 0.1) is 13.2 Å². The lowest BCUT2D eigenvalue weighted by Gasteiger charge is -2.20. The van der Waals surface area contributed by atoms with Gasteiger partial charge in [-0.05, 0) is 53.9 Å². The number of amides is 1. The second kappa shape index (κ2) is 10.5. The maximum atomic E-state index is 13.1. The van der Waals surface area contributed by atoms with Crippen LogP contribution in [0.2, 0.25) is 0 Å². The van der Waals surface area contributed by atoms with Crippen LogP contribution in [-0.4, -0.2) is 23.2 Å². The van der Waals surface area contributed by atoms with Crippen molar-refractivity contribution in [3.05, 3.63) is 102 Å². The summed E-state index contributed by atoms with van der Waals surface area (Å²) in [6.07, 6.45) is 1.34. The molecule has 0 saturated carbocycles. The highest BCUT2D eigenvalue weighted by atomic mass is 19.1.